The van der Waals surface area contributed by atoms with E-state index < -0.39 is 18.1 Å². The normalized spacial score (nSPS) is 13.1. The van der Waals surface area contributed by atoms with E-state index in [1.165, 1.54) is 7.11 Å². The van der Waals surface area contributed by atoms with Gasteiger partial charge in [-0.1, -0.05) is 91.0 Å². The molecule has 3 rings (SSSR count). The first-order valence-corrected chi connectivity index (χ1v) is 8.87. The zero-order valence-electron chi connectivity index (χ0n) is 15.2. The molecule has 0 aromatic heterocycles. The van der Waals surface area contributed by atoms with Gasteiger partial charge in [0, 0.05) is 0 Å². The van der Waals surface area contributed by atoms with Crippen molar-refractivity contribution in [3.05, 3.63) is 108 Å². The van der Waals surface area contributed by atoms with Gasteiger partial charge in [-0.2, -0.15) is 0 Å². The summed E-state index contributed by atoms with van der Waals surface area (Å²) in [6, 6.07) is 27.6. The van der Waals surface area contributed by atoms with Crippen molar-refractivity contribution in [3.63, 3.8) is 0 Å². The van der Waals surface area contributed by atoms with E-state index in [2.05, 4.69) is 5.32 Å². The second-order valence-corrected chi connectivity index (χ2v) is 6.28. The maximum Gasteiger partial charge on any atom is 0.325 e. The summed E-state index contributed by atoms with van der Waals surface area (Å²) in [5, 5.41) is 14.2. The molecule has 4 nitrogen and oxygen atoms in total. The summed E-state index contributed by atoms with van der Waals surface area (Å²) in [5.74, 6) is -0.511. The quantitative estimate of drug-likeness (QED) is 0.631. The Kier molecular flexibility index (Phi) is 6.36. The molecular formula is C23H23NO3. The number of ether oxygens (including phenoxy) is 1. The molecule has 138 valence electrons. The van der Waals surface area contributed by atoms with Crippen molar-refractivity contribution < 1.29 is 14.6 Å². The molecule has 2 unspecified atom stereocenters. The Labute approximate surface area is 159 Å². The SMILES string of the molecule is COC(=O)C(NC(c1ccccc1)c1ccccc1)C(O)c1ccccc1. The predicted molar refractivity (Wildman–Crippen MR) is 105 cm³/mol. The Morgan fingerprint density at radius 2 is 1.19 bits per heavy atom. The molecule has 0 aliphatic rings. The number of esters is 1. The van der Waals surface area contributed by atoms with Crippen LogP contribution in [0.15, 0.2) is 91.0 Å². The monoisotopic (exact) mass is 361 g/mol. The molecule has 0 spiro atoms. The summed E-state index contributed by atoms with van der Waals surface area (Å²) < 4.78 is 4.97. The average molecular weight is 361 g/mol. The second kappa shape index (κ2) is 9.12. The zero-order chi connectivity index (χ0) is 19.1. The Hall–Kier alpha value is -2.95. The highest BCUT2D eigenvalue weighted by Gasteiger charge is 2.32. The number of rotatable bonds is 7. The first-order valence-electron chi connectivity index (χ1n) is 8.87. The van der Waals surface area contributed by atoms with Crippen LogP contribution in [0.3, 0.4) is 0 Å². The number of hydrogen-bond acceptors (Lipinski definition) is 4. The number of aliphatic hydroxyl groups is 1. The maximum absolute atomic E-state index is 12.5. The molecule has 0 amide bonds. The maximum atomic E-state index is 12.5. The van der Waals surface area contributed by atoms with Crippen molar-refractivity contribution in [2.75, 3.05) is 7.11 Å². The fourth-order valence-corrected chi connectivity index (χ4v) is 3.11. The topological polar surface area (TPSA) is 58.6 Å². The Bertz CT molecular complexity index is 798. The van der Waals surface area contributed by atoms with Gasteiger partial charge in [0.15, 0.2) is 0 Å². The van der Waals surface area contributed by atoms with Crippen molar-refractivity contribution in [1.82, 2.24) is 5.32 Å². The summed E-state index contributed by atoms with van der Waals surface area (Å²) in [6.45, 7) is 0. The third kappa shape index (κ3) is 4.61. The van der Waals surface area contributed by atoms with Gasteiger partial charge in [0.05, 0.1) is 13.2 Å². The van der Waals surface area contributed by atoms with Crippen molar-refractivity contribution in [1.29, 1.82) is 0 Å². The zero-order valence-corrected chi connectivity index (χ0v) is 15.2. The molecule has 0 saturated heterocycles. The lowest BCUT2D eigenvalue weighted by Gasteiger charge is -2.28. The third-order valence-electron chi connectivity index (χ3n) is 4.52. The number of carbonyl (C=O) groups excluding carboxylic acids is 1. The minimum atomic E-state index is -1.03. The number of methoxy groups -OCH3 is 1. The molecule has 0 saturated carbocycles. The lowest BCUT2D eigenvalue weighted by atomic mass is 9.95. The summed E-state index contributed by atoms with van der Waals surface area (Å²) in [6.07, 6.45) is -1.03. The summed E-state index contributed by atoms with van der Waals surface area (Å²) in [4.78, 5) is 12.5. The highest BCUT2D eigenvalue weighted by atomic mass is 16.5. The highest BCUT2D eigenvalue weighted by molar-refractivity contribution is 5.77. The van der Waals surface area contributed by atoms with Gasteiger partial charge >= 0.3 is 5.97 Å². The molecular weight excluding hydrogens is 338 g/mol. The van der Waals surface area contributed by atoms with E-state index in [4.69, 9.17) is 4.74 Å². The molecule has 0 fully saturated rings. The van der Waals surface area contributed by atoms with Crippen LogP contribution in [-0.4, -0.2) is 24.2 Å². The Balaban J connectivity index is 1.96. The third-order valence-corrected chi connectivity index (χ3v) is 4.52. The van der Waals surface area contributed by atoms with Gasteiger partial charge in [0.1, 0.15) is 12.1 Å². The van der Waals surface area contributed by atoms with Gasteiger partial charge < -0.3 is 9.84 Å². The van der Waals surface area contributed by atoms with Crippen LogP contribution in [0, 0.1) is 0 Å². The van der Waals surface area contributed by atoms with E-state index >= 15 is 0 Å². The Morgan fingerprint density at radius 3 is 1.59 bits per heavy atom. The van der Waals surface area contributed by atoms with Gasteiger partial charge in [0.25, 0.3) is 0 Å². The highest BCUT2D eigenvalue weighted by Crippen LogP contribution is 2.26. The molecule has 2 N–H and O–H groups in total. The van der Waals surface area contributed by atoms with Crippen LogP contribution in [-0.2, 0) is 9.53 Å². The van der Waals surface area contributed by atoms with Gasteiger partial charge in [0.2, 0.25) is 0 Å². The minimum Gasteiger partial charge on any atom is -0.468 e. The van der Waals surface area contributed by atoms with Crippen LogP contribution in [0.1, 0.15) is 28.8 Å². The summed E-state index contributed by atoms with van der Waals surface area (Å²) >= 11 is 0. The van der Waals surface area contributed by atoms with Crippen molar-refractivity contribution in [2.24, 2.45) is 0 Å². The van der Waals surface area contributed by atoms with E-state index in [1.807, 2.05) is 78.9 Å². The van der Waals surface area contributed by atoms with Crippen LogP contribution in [0.4, 0.5) is 0 Å². The Morgan fingerprint density at radius 1 is 0.778 bits per heavy atom. The van der Waals surface area contributed by atoms with E-state index in [-0.39, 0.29) is 6.04 Å². The van der Waals surface area contributed by atoms with Crippen molar-refractivity contribution in [3.8, 4) is 0 Å². The number of aliphatic hydroxyl groups excluding tert-OH is 1. The molecule has 3 aromatic rings. The van der Waals surface area contributed by atoms with Gasteiger partial charge in [-0.15, -0.1) is 0 Å². The van der Waals surface area contributed by atoms with Crippen LogP contribution >= 0.6 is 0 Å². The van der Waals surface area contributed by atoms with Crippen LogP contribution in [0.2, 0.25) is 0 Å². The fourth-order valence-electron chi connectivity index (χ4n) is 3.11. The van der Waals surface area contributed by atoms with Gasteiger partial charge in [-0.3, -0.25) is 10.1 Å². The van der Waals surface area contributed by atoms with Crippen molar-refractivity contribution >= 4 is 5.97 Å². The molecule has 3 aromatic carbocycles. The summed E-state index contributed by atoms with van der Waals surface area (Å²) in [7, 11) is 1.33. The molecule has 0 aliphatic heterocycles. The summed E-state index contributed by atoms with van der Waals surface area (Å²) in [5.41, 5.74) is 2.65. The van der Waals surface area contributed by atoms with Gasteiger partial charge in [-0.25, -0.2) is 0 Å². The molecule has 2 atom stereocenters. The minimum absolute atomic E-state index is 0.269. The second-order valence-electron chi connectivity index (χ2n) is 6.28. The van der Waals surface area contributed by atoms with Crippen LogP contribution in [0.5, 0.6) is 0 Å². The van der Waals surface area contributed by atoms with E-state index in [1.54, 1.807) is 12.1 Å². The lowest BCUT2D eigenvalue weighted by Crippen LogP contribution is -2.44. The molecule has 0 aliphatic carbocycles. The first-order chi connectivity index (χ1) is 13.2. The molecule has 4 heteroatoms. The molecule has 27 heavy (non-hydrogen) atoms. The molecule has 0 heterocycles. The lowest BCUT2D eigenvalue weighted by molar-refractivity contribution is -0.146. The van der Waals surface area contributed by atoms with Gasteiger partial charge in [-0.05, 0) is 16.7 Å². The smallest absolute Gasteiger partial charge is 0.325 e. The van der Waals surface area contributed by atoms with Crippen LogP contribution < -0.4 is 5.32 Å². The number of hydrogen-bond donors (Lipinski definition) is 2. The van der Waals surface area contributed by atoms with E-state index in [0.717, 1.165) is 11.1 Å². The predicted octanol–water partition coefficient (Wildman–Crippen LogP) is 3.64. The number of benzene rings is 3. The first kappa shape index (κ1) is 18.8. The van der Waals surface area contributed by atoms with E-state index in [9.17, 15) is 9.90 Å². The number of nitrogens with one attached hydrogen (secondary N) is 1. The van der Waals surface area contributed by atoms with Crippen LogP contribution in [0.25, 0.3) is 0 Å². The largest absolute Gasteiger partial charge is 0.468 e. The average Bonchev–Trinajstić information content (AvgIpc) is 2.75. The van der Waals surface area contributed by atoms with E-state index in [0.29, 0.717) is 5.56 Å². The fraction of sp³-hybridized carbons (Fsp3) is 0.174. The van der Waals surface area contributed by atoms with Crippen molar-refractivity contribution in [2.45, 2.75) is 18.2 Å². The number of carbonyl (C=O) groups is 1. The molecule has 0 bridgehead atoms. The molecule has 0 radical (unpaired) electrons. The standard InChI is InChI=1S/C23H23NO3/c1-27-23(26)21(22(25)19-15-9-4-10-16-19)24-20(17-11-5-2-6-12-17)18-13-7-3-8-14-18/h2-16,20-22,24-25H,1H3.